The fraction of sp³-hybridized carbons (Fsp3) is 0.417. The van der Waals surface area contributed by atoms with Gasteiger partial charge in [-0.2, -0.15) is 0 Å². The lowest BCUT2D eigenvalue weighted by Crippen LogP contribution is -2.27. The van der Waals surface area contributed by atoms with E-state index in [2.05, 4.69) is 15.6 Å². The molecule has 0 atom stereocenters. The monoisotopic (exact) mass is 469 g/mol. The van der Waals surface area contributed by atoms with Gasteiger partial charge in [0.05, 0.1) is 19.7 Å². The number of pyridine rings is 1. The number of benzene rings is 1. The first-order valence-corrected chi connectivity index (χ1v) is 11.3. The van der Waals surface area contributed by atoms with E-state index in [4.69, 9.17) is 9.47 Å². The van der Waals surface area contributed by atoms with Crippen molar-refractivity contribution in [2.24, 2.45) is 0 Å². The van der Waals surface area contributed by atoms with E-state index in [1.165, 1.54) is 0 Å². The standard InChI is InChI=1S/C24H31N5O5/c1-5-28-17-8-10-20(27-23(17)29(6-2)24(28)32)26-22(31)12-11-21(30)25-14-13-16-7-9-18(33-3)19(15-16)34-4/h7-10,15H,5-6,11-14H2,1-4H3,(H,25,30)(H,26,27,31). The summed E-state index contributed by atoms with van der Waals surface area (Å²) in [6.07, 6.45) is 0.711. The number of aryl methyl sites for hydroxylation is 2. The average Bonchev–Trinajstić information content (AvgIpc) is 3.12. The number of imidazole rings is 1. The molecule has 0 saturated carbocycles. The van der Waals surface area contributed by atoms with Crippen molar-refractivity contribution in [2.45, 2.75) is 46.2 Å². The molecule has 0 aliphatic heterocycles. The molecule has 3 rings (SSSR count). The molecule has 0 aliphatic rings. The molecule has 0 fully saturated rings. The van der Waals surface area contributed by atoms with Crippen LogP contribution in [0.4, 0.5) is 5.82 Å². The van der Waals surface area contributed by atoms with Gasteiger partial charge in [0.2, 0.25) is 11.8 Å². The normalized spacial score (nSPS) is 10.8. The number of methoxy groups -OCH3 is 2. The Morgan fingerprint density at radius 1 is 0.941 bits per heavy atom. The number of carbonyl (C=O) groups excluding carboxylic acids is 2. The second-order valence-corrected chi connectivity index (χ2v) is 7.65. The predicted molar refractivity (Wildman–Crippen MR) is 129 cm³/mol. The van der Waals surface area contributed by atoms with E-state index < -0.39 is 0 Å². The lowest BCUT2D eigenvalue weighted by atomic mass is 10.1. The van der Waals surface area contributed by atoms with Crippen molar-refractivity contribution in [1.82, 2.24) is 19.4 Å². The van der Waals surface area contributed by atoms with Crippen molar-refractivity contribution in [3.05, 3.63) is 46.4 Å². The maximum absolute atomic E-state index is 12.4. The zero-order valence-corrected chi connectivity index (χ0v) is 20.0. The van der Waals surface area contributed by atoms with Crippen molar-refractivity contribution >= 4 is 28.8 Å². The molecule has 0 bridgehead atoms. The Balaban J connectivity index is 1.49. The van der Waals surface area contributed by atoms with Crippen LogP contribution in [0.2, 0.25) is 0 Å². The molecule has 182 valence electrons. The second-order valence-electron chi connectivity index (χ2n) is 7.65. The van der Waals surface area contributed by atoms with E-state index >= 15 is 0 Å². The van der Waals surface area contributed by atoms with Gasteiger partial charge in [-0.05, 0) is 50.1 Å². The van der Waals surface area contributed by atoms with Crippen molar-refractivity contribution in [3.63, 3.8) is 0 Å². The molecule has 10 heteroatoms. The lowest BCUT2D eigenvalue weighted by molar-refractivity contribution is -0.124. The largest absolute Gasteiger partial charge is 0.493 e. The van der Waals surface area contributed by atoms with Crippen LogP contribution in [0.5, 0.6) is 11.5 Å². The summed E-state index contributed by atoms with van der Waals surface area (Å²) in [5.74, 6) is 1.11. The van der Waals surface area contributed by atoms with E-state index in [-0.39, 0.29) is 30.3 Å². The van der Waals surface area contributed by atoms with Crippen molar-refractivity contribution in [3.8, 4) is 11.5 Å². The van der Waals surface area contributed by atoms with Gasteiger partial charge in [0.15, 0.2) is 17.1 Å². The molecule has 0 aliphatic carbocycles. The minimum Gasteiger partial charge on any atom is -0.493 e. The predicted octanol–water partition coefficient (Wildman–Crippen LogP) is 2.33. The summed E-state index contributed by atoms with van der Waals surface area (Å²) in [5, 5.41) is 5.54. The maximum Gasteiger partial charge on any atom is 0.330 e. The summed E-state index contributed by atoms with van der Waals surface area (Å²) < 4.78 is 13.7. The smallest absolute Gasteiger partial charge is 0.330 e. The minimum atomic E-state index is -0.317. The van der Waals surface area contributed by atoms with Gasteiger partial charge in [-0.3, -0.25) is 18.7 Å². The van der Waals surface area contributed by atoms with Crippen LogP contribution in [0, 0.1) is 0 Å². The first-order chi connectivity index (χ1) is 16.4. The van der Waals surface area contributed by atoms with Crippen LogP contribution in [0.15, 0.2) is 35.1 Å². The Morgan fingerprint density at radius 2 is 1.65 bits per heavy atom. The third kappa shape index (κ3) is 5.56. The molecular weight excluding hydrogens is 438 g/mol. The topological polar surface area (TPSA) is 116 Å². The molecule has 34 heavy (non-hydrogen) atoms. The van der Waals surface area contributed by atoms with Gasteiger partial charge in [0.25, 0.3) is 0 Å². The molecule has 1 aromatic carbocycles. The van der Waals surface area contributed by atoms with Crippen LogP contribution in [-0.2, 0) is 29.1 Å². The SMILES string of the molecule is CCn1c(=O)n(CC)c2nc(NC(=O)CCC(=O)NCCc3ccc(OC)c(OC)c3)ccc21. The third-order valence-electron chi connectivity index (χ3n) is 5.53. The van der Waals surface area contributed by atoms with E-state index in [1.54, 1.807) is 35.5 Å². The number of nitrogens with zero attached hydrogens (tertiary/aromatic N) is 3. The highest BCUT2D eigenvalue weighted by atomic mass is 16.5. The van der Waals surface area contributed by atoms with Crippen LogP contribution in [0.25, 0.3) is 11.2 Å². The number of hydrogen-bond acceptors (Lipinski definition) is 6. The van der Waals surface area contributed by atoms with Crippen LogP contribution >= 0.6 is 0 Å². The molecule has 2 N–H and O–H groups in total. The molecule has 10 nitrogen and oxygen atoms in total. The maximum atomic E-state index is 12.4. The molecule has 0 spiro atoms. The molecule has 2 heterocycles. The Morgan fingerprint density at radius 3 is 2.32 bits per heavy atom. The molecule has 0 saturated heterocycles. The number of fused-ring (bicyclic) bond motifs is 1. The number of carbonyl (C=O) groups is 2. The van der Waals surface area contributed by atoms with Crippen LogP contribution < -0.4 is 25.8 Å². The number of amides is 2. The number of nitrogens with one attached hydrogen (secondary N) is 2. The number of rotatable bonds is 11. The van der Waals surface area contributed by atoms with Gasteiger partial charge in [0.1, 0.15) is 5.82 Å². The molecule has 0 unspecified atom stereocenters. The molecule has 3 aromatic rings. The Labute approximate surface area is 197 Å². The Bertz CT molecular complexity index is 1230. The lowest BCUT2D eigenvalue weighted by Gasteiger charge is -2.10. The van der Waals surface area contributed by atoms with E-state index in [0.717, 1.165) is 11.1 Å². The zero-order chi connectivity index (χ0) is 24.7. The van der Waals surface area contributed by atoms with Crippen molar-refractivity contribution in [2.75, 3.05) is 26.1 Å². The molecule has 2 aromatic heterocycles. The minimum absolute atomic E-state index is 0.0263. The fourth-order valence-electron chi connectivity index (χ4n) is 3.75. The van der Waals surface area contributed by atoms with E-state index in [1.807, 2.05) is 32.0 Å². The summed E-state index contributed by atoms with van der Waals surface area (Å²) in [6, 6.07) is 9.04. The highest BCUT2D eigenvalue weighted by molar-refractivity contribution is 5.93. The van der Waals surface area contributed by atoms with Gasteiger partial charge >= 0.3 is 5.69 Å². The number of anilines is 1. The zero-order valence-electron chi connectivity index (χ0n) is 20.0. The third-order valence-corrected chi connectivity index (χ3v) is 5.53. The van der Waals surface area contributed by atoms with Gasteiger partial charge < -0.3 is 20.1 Å². The summed E-state index contributed by atoms with van der Waals surface area (Å²) in [7, 11) is 3.15. The first-order valence-electron chi connectivity index (χ1n) is 11.3. The second kappa shape index (κ2) is 11.4. The first kappa shape index (κ1) is 24.8. The highest BCUT2D eigenvalue weighted by Crippen LogP contribution is 2.27. The summed E-state index contributed by atoms with van der Waals surface area (Å²) in [4.78, 5) is 41.4. The number of ether oxygens (including phenoxy) is 2. The molecular formula is C24H31N5O5. The van der Waals surface area contributed by atoms with Crippen LogP contribution in [0.3, 0.4) is 0 Å². The van der Waals surface area contributed by atoms with Crippen LogP contribution in [0.1, 0.15) is 32.3 Å². The number of aromatic nitrogens is 3. The van der Waals surface area contributed by atoms with Crippen molar-refractivity contribution in [1.29, 1.82) is 0 Å². The number of hydrogen-bond donors (Lipinski definition) is 2. The van der Waals surface area contributed by atoms with Gasteiger partial charge in [-0.1, -0.05) is 6.07 Å². The fourth-order valence-corrected chi connectivity index (χ4v) is 3.75. The molecule has 0 radical (unpaired) electrons. The van der Waals surface area contributed by atoms with E-state index in [9.17, 15) is 14.4 Å². The summed E-state index contributed by atoms with van der Waals surface area (Å²) >= 11 is 0. The van der Waals surface area contributed by atoms with Gasteiger partial charge in [-0.15, -0.1) is 0 Å². The summed E-state index contributed by atoms with van der Waals surface area (Å²) in [6.45, 7) is 5.23. The highest BCUT2D eigenvalue weighted by Gasteiger charge is 2.14. The van der Waals surface area contributed by atoms with Gasteiger partial charge in [-0.25, -0.2) is 9.78 Å². The quantitative estimate of drug-likeness (QED) is 0.445. The Hall–Kier alpha value is -3.82. The molecule has 2 amide bonds. The summed E-state index contributed by atoms with van der Waals surface area (Å²) in [5.41, 5.74) is 2.13. The van der Waals surface area contributed by atoms with Crippen molar-refractivity contribution < 1.29 is 19.1 Å². The van der Waals surface area contributed by atoms with Crippen LogP contribution in [-0.4, -0.2) is 46.7 Å². The Kier molecular flexibility index (Phi) is 8.29. The van der Waals surface area contributed by atoms with E-state index in [0.29, 0.717) is 49.0 Å². The average molecular weight is 470 g/mol. The van der Waals surface area contributed by atoms with Gasteiger partial charge in [0, 0.05) is 32.5 Å².